The molecule has 0 spiro atoms. The molecule has 0 radical (unpaired) electrons. The summed E-state index contributed by atoms with van der Waals surface area (Å²) in [6.07, 6.45) is 2.00. The number of nitro benzene ring substituents is 1. The Morgan fingerprint density at radius 2 is 2.19 bits per heavy atom. The van der Waals surface area contributed by atoms with Gasteiger partial charge in [-0.05, 0) is 24.5 Å². The number of carbonyl (C=O) groups excluding carboxylic acids is 1. The third-order valence-electron chi connectivity index (χ3n) is 3.55. The maximum absolute atomic E-state index is 11.4. The van der Waals surface area contributed by atoms with E-state index in [9.17, 15) is 14.9 Å². The summed E-state index contributed by atoms with van der Waals surface area (Å²) < 4.78 is 10.3. The fraction of sp³-hybridized carbons (Fsp3) is 0.500. The first-order chi connectivity index (χ1) is 10.1. The van der Waals surface area contributed by atoms with Gasteiger partial charge >= 0.3 is 11.7 Å². The highest BCUT2D eigenvalue weighted by atomic mass is 16.6. The van der Waals surface area contributed by atoms with E-state index in [1.54, 1.807) is 12.1 Å². The maximum Gasteiger partial charge on any atom is 0.347 e. The molecule has 7 nitrogen and oxygen atoms in total. The van der Waals surface area contributed by atoms with Gasteiger partial charge in [-0.3, -0.25) is 10.1 Å². The van der Waals surface area contributed by atoms with Gasteiger partial charge in [0.15, 0.2) is 11.9 Å². The zero-order valence-electron chi connectivity index (χ0n) is 11.4. The molecular formula is C14H16N2O5. The molecule has 7 heteroatoms. The van der Waals surface area contributed by atoms with Crippen LogP contribution in [0.25, 0.3) is 0 Å². The van der Waals surface area contributed by atoms with E-state index >= 15 is 0 Å². The molecule has 1 saturated heterocycles. The molecule has 1 N–H and O–H groups in total. The Bertz CT molecular complexity index is 570. The molecule has 2 fully saturated rings. The highest BCUT2D eigenvalue weighted by molar-refractivity contribution is 5.77. The third kappa shape index (κ3) is 3.30. The first kappa shape index (κ1) is 13.8. The standard InChI is InChI=1S/C14H16N2O5/c17-14-12(5-6-20-14)21-13-7-9(8-15-10-2-3-10)1-4-11(13)16(18)19/h1,4,7,10,12,15H,2-3,5-6,8H2. The van der Waals surface area contributed by atoms with Crippen LogP contribution in [-0.4, -0.2) is 29.6 Å². The van der Waals surface area contributed by atoms with Crippen molar-refractivity contribution >= 4 is 11.7 Å². The minimum Gasteiger partial charge on any atom is -0.471 e. The molecule has 1 atom stereocenters. The van der Waals surface area contributed by atoms with Gasteiger partial charge in [0.05, 0.1) is 11.5 Å². The van der Waals surface area contributed by atoms with Crippen molar-refractivity contribution in [2.45, 2.75) is 38.0 Å². The number of ether oxygens (including phenoxy) is 2. The minimum atomic E-state index is -0.754. The zero-order valence-corrected chi connectivity index (χ0v) is 11.4. The minimum absolute atomic E-state index is 0.124. The average Bonchev–Trinajstić information content (AvgIpc) is 3.20. The van der Waals surface area contributed by atoms with Crippen LogP contribution in [0.4, 0.5) is 5.69 Å². The van der Waals surface area contributed by atoms with Crippen LogP contribution >= 0.6 is 0 Å². The van der Waals surface area contributed by atoms with Crippen LogP contribution in [-0.2, 0) is 16.1 Å². The molecule has 1 saturated carbocycles. The summed E-state index contributed by atoms with van der Waals surface area (Å²) in [7, 11) is 0. The Morgan fingerprint density at radius 3 is 2.81 bits per heavy atom. The summed E-state index contributed by atoms with van der Waals surface area (Å²) in [5, 5.41) is 14.4. The number of nitrogens with one attached hydrogen (secondary N) is 1. The molecule has 1 aromatic carbocycles. The molecule has 0 bridgehead atoms. The van der Waals surface area contributed by atoms with Gasteiger partial charge in [0.2, 0.25) is 0 Å². The fourth-order valence-electron chi connectivity index (χ4n) is 2.20. The van der Waals surface area contributed by atoms with Crippen molar-refractivity contribution in [3.05, 3.63) is 33.9 Å². The first-order valence-corrected chi connectivity index (χ1v) is 6.97. The Hall–Kier alpha value is -2.15. The van der Waals surface area contributed by atoms with Crippen LogP contribution in [0.15, 0.2) is 18.2 Å². The lowest BCUT2D eigenvalue weighted by molar-refractivity contribution is -0.386. The summed E-state index contributed by atoms with van der Waals surface area (Å²) in [6.45, 7) is 0.925. The molecule has 0 amide bonds. The van der Waals surface area contributed by atoms with Crippen molar-refractivity contribution in [3.8, 4) is 5.75 Å². The van der Waals surface area contributed by atoms with E-state index in [1.165, 1.54) is 18.9 Å². The van der Waals surface area contributed by atoms with Crippen molar-refractivity contribution < 1.29 is 19.2 Å². The lowest BCUT2D eigenvalue weighted by Gasteiger charge is -2.12. The van der Waals surface area contributed by atoms with Gasteiger partial charge in [-0.15, -0.1) is 0 Å². The fourth-order valence-corrected chi connectivity index (χ4v) is 2.20. The highest BCUT2D eigenvalue weighted by Gasteiger charge is 2.31. The number of nitrogens with zero attached hydrogens (tertiary/aromatic N) is 1. The highest BCUT2D eigenvalue weighted by Crippen LogP contribution is 2.30. The van der Waals surface area contributed by atoms with Gasteiger partial charge in [0, 0.05) is 25.1 Å². The normalized spacial score (nSPS) is 21.1. The molecule has 2 aliphatic rings. The predicted molar refractivity (Wildman–Crippen MR) is 73.0 cm³/mol. The van der Waals surface area contributed by atoms with Crippen LogP contribution in [0.3, 0.4) is 0 Å². The topological polar surface area (TPSA) is 90.7 Å². The van der Waals surface area contributed by atoms with Gasteiger partial charge in [-0.25, -0.2) is 4.79 Å². The van der Waals surface area contributed by atoms with E-state index < -0.39 is 17.0 Å². The summed E-state index contributed by atoms with van der Waals surface area (Å²) in [6, 6.07) is 5.29. The van der Waals surface area contributed by atoms with Crippen molar-refractivity contribution in [2.75, 3.05) is 6.61 Å². The molecule has 1 aliphatic carbocycles. The molecule has 21 heavy (non-hydrogen) atoms. The number of hydrogen-bond donors (Lipinski definition) is 1. The van der Waals surface area contributed by atoms with Crippen molar-refractivity contribution in [2.24, 2.45) is 0 Å². The Balaban J connectivity index is 1.77. The number of nitro groups is 1. The van der Waals surface area contributed by atoms with Gasteiger partial charge in [0.25, 0.3) is 0 Å². The molecule has 3 rings (SSSR count). The van der Waals surface area contributed by atoms with Crippen LogP contribution in [0.5, 0.6) is 5.75 Å². The van der Waals surface area contributed by atoms with Crippen LogP contribution in [0, 0.1) is 10.1 Å². The van der Waals surface area contributed by atoms with Crippen molar-refractivity contribution in [1.29, 1.82) is 0 Å². The molecule has 112 valence electrons. The van der Waals surface area contributed by atoms with E-state index in [-0.39, 0.29) is 11.4 Å². The molecule has 1 unspecified atom stereocenters. The molecule has 1 heterocycles. The van der Waals surface area contributed by atoms with E-state index in [4.69, 9.17) is 9.47 Å². The van der Waals surface area contributed by atoms with Gasteiger partial charge < -0.3 is 14.8 Å². The van der Waals surface area contributed by atoms with Crippen LogP contribution < -0.4 is 10.1 Å². The lowest BCUT2D eigenvalue weighted by Crippen LogP contribution is -2.22. The average molecular weight is 292 g/mol. The predicted octanol–water partition coefficient (Wildman–Crippen LogP) is 1.54. The van der Waals surface area contributed by atoms with Crippen LogP contribution in [0.1, 0.15) is 24.8 Å². The largest absolute Gasteiger partial charge is 0.471 e. The first-order valence-electron chi connectivity index (χ1n) is 6.97. The second-order valence-electron chi connectivity index (χ2n) is 5.28. The Labute approximate surface area is 121 Å². The SMILES string of the molecule is O=C1OCCC1Oc1cc(CNC2CC2)ccc1[N+](=O)[O-]. The number of hydrogen-bond acceptors (Lipinski definition) is 6. The molecule has 0 aromatic heterocycles. The van der Waals surface area contributed by atoms with Gasteiger partial charge in [-0.2, -0.15) is 0 Å². The summed E-state index contributed by atoms with van der Waals surface area (Å²) in [4.78, 5) is 22.0. The van der Waals surface area contributed by atoms with Gasteiger partial charge in [0.1, 0.15) is 0 Å². The number of esters is 1. The second-order valence-corrected chi connectivity index (χ2v) is 5.28. The maximum atomic E-state index is 11.4. The van der Waals surface area contributed by atoms with Crippen molar-refractivity contribution in [1.82, 2.24) is 5.32 Å². The van der Waals surface area contributed by atoms with Gasteiger partial charge in [-0.1, -0.05) is 6.07 Å². The quantitative estimate of drug-likeness (QED) is 0.486. The summed E-state index contributed by atoms with van der Waals surface area (Å²) in [5.74, 6) is -0.343. The third-order valence-corrected chi connectivity index (χ3v) is 3.55. The Kier molecular flexibility index (Phi) is 3.74. The van der Waals surface area contributed by atoms with Crippen LogP contribution in [0.2, 0.25) is 0 Å². The molecule has 1 aliphatic heterocycles. The van der Waals surface area contributed by atoms with E-state index in [2.05, 4.69) is 5.32 Å². The number of benzene rings is 1. The Morgan fingerprint density at radius 1 is 1.38 bits per heavy atom. The zero-order chi connectivity index (χ0) is 14.8. The smallest absolute Gasteiger partial charge is 0.347 e. The van der Waals surface area contributed by atoms with E-state index in [0.29, 0.717) is 25.6 Å². The molecule has 1 aromatic rings. The van der Waals surface area contributed by atoms with E-state index in [1.807, 2.05) is 0 Å². The monoisotopic (exact) mass is 292 g/mol. The van der Waals surface area contributed by atoms with Crippen molar-refractivity contribution in [3.63, 3.8) is 0 Å². The second kappa shape index (κ2) is 5.69. The summed E-state index contributed by atoms with van der Waals surface area (Å²) in [5.41, 5.74) is 0.763. The number of cyclic esters (lactones) is 1. The van der Waals surface area contributed by atoms with E-state index in [0.717, 1.165) is 5.56 Å². The molecular weight excluding hydrogens is 276 g/mol. The number of carbonyl (C=O) groups is 1. The number of rotatable bonds is 6. The lowest BCUT2D eigenvalue weighted by atomic mass is 10.2. The summed E-state index contributed by atoms with van der Waals surface area (Å²) >= 11 is 0.